The van der Waals surface area contributed by atoms with Gasteiger partial charge in [0.05, 0.1) is 26.4 Å². The fraction of sp³-hybridized carbons (Fsp3) is 0.931. The Labute approximate surface area is 406 Å². The van der Waals surface area contributed by atoms with Crippen LogP contribution in [0.1, 0.15) is 299 Å². The fourth-order valence-corrected chi connectivity index (χ4v) is 8.15. The average molecular weight is 924 g/mol. The van der Waals surface area contributed by atoms with Crippen LogP contribution < -0.4 is 0 Å². The standard InChI is InChI=1S/C58H114O7/c1-9-17-25-29-31-33-37-41-43-53(60-47-21-13-5)57(62-49-23-15-7)55(45-39-35-27-19-11-3)64-51-59-52-65-56(46-40-36-28-20-12-4)58(63-50-24-16-8)54(61-48-22-14-6)44-42-38-34-32-30-26-18-10-2/h55-56H,9-52H2,1-8H3. The zero-order chi connectivity index (χ0) is 47.5. The highest BCUT2D eigenvalue weighted by Crippen LogP contribution is 2.28. The minimum atomic E-state index is -0.216. The summed E-state index contributed by atoms with van der Waals surface area (Å²) in [5.74, 6) is 3.83. The van der Waals surface area contributed by atoms with E-state index in [0.29, 0.717) is 13.2 Å². The SMILES string of the molecule is CCCCCCCCCCC(OCCCC)=C(OCCCC)C(CCCCCCC)OCOCOC(CCCCCCC)C(OCCCC)=C(CCCCCCCCCC)OCCCC. The Morgan fingerprint density at radius 1 is 0.277 bits per heavy atom. The van der Waals surface area contributed by atoms with Crippen molar-refractivity contribution in [3.63, 3.8) is 0 Å². The molecule has 0 aliphatic heterocycles. The van der Waals surface area contributed by atoms with E-state index in [1.807, 2.05) is 0 Å². The van der Waals surface area contributed by atoms with Crippen LogP contribution in [0, 0.1) is 0 Å². The lowest BCUT2D eigenvalue weighted by Crippen LogP contribution is -2.25. The first-order valence-electron chi connectivity index (χ1n) is 28.9. The van der Waals surface area contributed by atoms with Crippen LogP contribution >= 0.6 is 0 Å². The molecule has 2 unspecified atom stereocenters. The maximum absolute atomic E-state index is 6.75. The van der Waals surface area contributed by atoms with Gasteiger partial charge in [-0.25, -0.2) is 0 Å². The first-order valence-corrected chi connectivity index (χ1v) is 28.9. The van der Waals surface area contributed by atoms with Crippen molar-refractivity contribution >= 4 is 0 Å². The van der Waals surface area contributed by atoms with Crippen molar-refractivity contribution in [2.24, 2.45) is 0 Å². The van der Waals surface area contributed by atoms with E-state index in [1.54, 1.807) is 0 Å². The minimum absolute atomic E-state index is 0.136. The fourth-order valence-electron chi connectivity index (χ4n) is 8.15. The maximum Gasteiger partial charge on any atom is 0.162 e. The van der Waals surface area contributed by atoms with Crippen molar-refractivity contribution in [3.8, 4) is 0 Å². The van der Waals surface area contributed by atoms with E-state index < -0.39 is 0 Å². The van der Waals surface area contributed by atoms with Gasteiger partial charge in [-0.05, 0) is 51.4 Å². The van der Waals surface area contributed by atoms with Crippen LogP contribution in [-0.2, 0) is 33.2 Å². The molecule has 0 N–H and O–H groups in total. The summed E-state index contributed by atoms with van der Waals surface area (Å²) in [6, 6.07) is 0. The first kappa shape index (κ1) is 63.6. The van der Waals surface area contributed by atoms with Crippen LogP contribution in [0.25, 0.3) is 0 Å². The number of allylic oxidation sites excluding steroid dienone is 2. The molecule has 0 aromatic carbocycles. The first-order chi connectivity index (χ1) is 32.1. The lowest BCUT2D eigenvalue weighted by molar-refractivity contribution is -0.167. The third-order valence-corrected chi connectivity index (χ3v) is 12.6. The molecule has 65 heavy (non-hydrogen) atoms. The van der Waals surface area contributed by atoms with Crippen LogP contribution in [-0.4, -0.2) is 52.2 Å². The summed E-state index contributed by atoms with van der Waals surface area (Å²) in [6.07, 6.45) is 44.3. The van der Waals surface area contributed by atoms with E-state index in [-0.39, 0.29) is 25.8 Å². The van der Waals surface area contributed by atoms with Gasteiger partial charge in [-0.15, -0.1) is 0 Å². The molecule has 0 fully saturated rings. The smallest absolute Gasteiger partial charge is 0.162 e. The Morgan fingerprint density at radius 3 is 0.846 bits per heavy atom. The molecule has 0 aromatic rings. The highest BCUT2D eigenvalue weighted by Gasteiger charge is 2.25. The van der Waals surface area contributed by atoms with Gasteiger partial charge in [0.2, 0.25) is 0 Å². The molecule has 0 bridgehead atoms. The van der Waals surface area contributed by atoms with Gasteiger partial charge in [-0.1, -0.05) is 235 Å². The third-order valence-electron chi connectivity index (χ3n) is 12.6. The average Bonchev–Trinajstić information content (AvgIpc) is 3.31. The molecule has 0 aliphatic carbocycles. The summed E-state index contributed by atoms with van der Waals surface area (Å²) < 4.78 is 46.5. The van der Waals surface area contributed by atoms with Gasteiger partial charge < -0.3 is 33.2 Å². The van der Waals surface area contributed by atoms with E-state index in [4.69, 9.17) is 33.2 Å². The maximum atomic E-state index is 6.75. The van der Waals surface area contributed by atoms with Crippen LogP contribution in [0.4, 0.5) is 0 Å². The van der Waals surface area contributed by atoms with Crippen LogP contribution in [0.3, 0.4) is 0 Å². The van der Waals surface area contributed by atoms with Gasteiger partial charge >= 0.3 is 0 Å². The monoisotopic (exact) mass is 923 g/mol. The molecule has 0 heterocycles. The molecule has 2 atom stereocenters. The zero-order valence-corrected chi connectivity index (χ0v) is 45.1. The normalized spacial score (nSPS) is 13.4. The van der Waals surface area contributed by atoms with Gasteiger partial charge in [0.25, 0.3) is 0 Å². The summed E-state index contributed by atoms with van der Waals surface area (Å²) in [6.45, 7) is 21.1. The summed E-state index contributed by atoms with van der Waals surface area (Å²) in [4.78, 5) is 0. The van der Waals surface area contributed by atoms with Crippen molar-refractivity contribution in [1.29, 1.82) is 0 Å². The van der Waals surface area contributed by atoms with Gasteiger partial charge in [-0.2, -0.15) is 0 Å². The Hall–Kier alpha value is -1.44. The Balaban J connectivity index is 6.42. The van der Waals surface area contributed by atoms with Crippen molar-refractivity contribution in [1.82, 2.24) is 0 Å². The van der Waals surface area contributed by atoms with Gasteiger partial charge in [0.15, 0.2) is 25.1 Å². The van der Waals surface area contributed by atoms with Crippen molar-refractivity contribution in [2.45, 2.75) is 312 Å². The molecule has 0 saturated heterocycles. The zero-order valence-electron chi connectivity index (χ0n) is 45.1. The summed E-state index contributed by atoms with van der Waals surface area (Å²) in [7, 11) is 0. The molecule has 0 aliphatic rings. The summed E-state index contributed by atoms with van der Waals surface area (Å²) in [5, 5.41) is 0. The molecule has 0 aromatic heterocycles. The molecule has 0 amide bonds. The molecular formula is C58H114O7. The van der Waals surface area contributed by atoms with Crippen LogP contribution in [0.15, 0.2) is 23.0 Å². The molecule has 7 heteroatoms. The number of hydrogen-bond donors (Lipinski definition) is 0. The summed E-state index contributed by atoms with van der Waals surface area (Å²) in [5.41, 5.74) is 0. The number of unbranched alkanes of at least 4 members (excludes halogenated alkanes) is 26. The highest BCUT2D eigenvalue weighted by molar-refractivity contribution is 5.09. The second-order valence-electron chi connectivity index (χ2n) is 19.0. The largest absolute Gasteiger partial charge is 0.494 e. The predicted octanol–water partition coefficient (Wildman–Crippen LogP) is 19.2. The van der Waals surface area contributed by atoms with Crippen molar-refractivity contribution in [2.75, 3.05) is 40.0 Å². The molecule has 0 saturated carbocycles. The van der Waals surface area contributed by atoms with E-state index in [1.165, 1.54) is 141 Å². The molecule has 388 valence electrons. The van der Waals surface area contributed by atoms with Gasteiger partial charge in [-0.3, -0.25) is 0 Å². The quantitative estimate of drug-likeness (QED) is 0.0342. The van der Waals surface area contributed by atoms with E-state index >= 15 is 0 Å². The Kier molecular flexibility index (Phi) is 50.8. The number of hydrogen-bond acceptors (Lipinski definition) is 7. The number of rotatable bonds is 54. The lowest BCUT2D eigenvalue weighted by atomic mass is 10.0. The van der Waals surface area contributed by atoms with Gasteiger partial charge in [0, 0.05) is 12.8 Å². The molecule has 0 rings (SSSR count). The number of ether oxygens (including phenoxy) is 7. The van der Waals surface area contributed by atoms with E-state index in [9.17, 15) is 0 Å². The van der Waals surface area contributed by atoms with Crippen molar-refractivity contribution < 1.29 is 33.2 Å². The molecule has 0 radical (unpaired) electrons. The van der Waals surface area contributed by atoms with Crippen LogP contribution in [0.2, 0.25) is 0 Å². The lowest BCUT2D eigenvalue weighted by Gasteiger charge is -2.26. The molecule has 7 nitrogen and oxygen atoms in total. The van der Waals surface area contributed by atoms with E-state index in [0.717, 1.165) is 139 Å². The Bertz CT molecular complexity index is 934. The molecule has 0 spiro atoms. The van der Waals surface area contributed by atoms with Crippen molar-refractivity contribution in [3.05, 3.63) is 23.0 Å². The predicted molar refractivity (Wildman–Crippen MR) is 279 cm³/mol. The summed E-state index contributed by atoms with van der Waals surface area (Å²) >= 11 is 0. The second kappa shape index (κ2) is 51.9. The van der Waals surface area contributed by atoms with Gasteiger partial charge in [0.1, 0.15) is 23.7 Å². The minimum Gasteiger partial charge on any atom is -0.494 e. The topological polar surface area (TPSA) is 64.6 Å². The third kappa shape index (κ3) is 39.1. The Morgan fingerprint density at radius 2 is 0.538 bits per heavy atom. The second-order valence-corrected chi connectivity index (χ2v) is 19.0. The molecular weight excluding hydrogens is 809 g/mol. The highest BCUT2D eigenvalue weighted by atomic mass is 16.7. The van der Waals surface area contributed by atoms with E-state index in [2.05, 4.69) is 55.4 Å². The van der Waals surface area contributed by atoms with Crippen LogP contribution in [0.5, 0.6) is 0 Å².